The molecule has 0 spiro atoms. The van der Waals surface area contributed by atoms with Gasteiger partial charge in [0.15, 0.2) is 0 Å². The van der Waals surface area contributed by atoms with Crippen LogP contribution in [0.5, 0.6) is 0 Å². The van der Waals surface area contributed by atoms with Crippen LogP contribution in [-0.4, -0.2) is 0 Å². The third-order valence-electron chi connectivity index (χ3n) is 25.1. The first kappa shape index (κ1) is 89.9. The highest BCUT2D eigenvalue weighted by atomic mass is 14.3. The largest absolute Gasteiger partial charge is 0.0945 e. The van der Waals surface area contributed by atoms with Crippen molar-refractivity contribution >= 4 is 0 Å². The van der Waals surface area contributed by atoms with Crippen molar-refractivity contribution in [1.29, 1.82) is 0 Å². The van der Waals surface area contributed by atoms with E-state index in [0.29, 0.717) is 23.7 Å². The average molecular weight is 1520 g/mol. The highest BCUT2D eigenvalue weighted by Gasteiger charge is 2.25. The summed E-state index contributed by atoms with van der Waals surface area (Å²) in [7, 11) is 0. The summed E-state index contributed by atoms with van der Waals surface area (Å²) in [6.07, 6.45) is 53.3. The van der Waals surface area contributed by atoms with Gasteiger partial charge >= 0.3 is 0 Å². The number of hydrogen-bond donors (Lipinski definition) is 0. The Balaban J connectivity index is 0.000000174. The van der Waals surface area contributed by atoms with E-state index in [0.717, 1.165) is 49.4 Å². The van der Waals surface area contributed by atoms with Crippen LogP contribution in [0.25, 0.3) is 0 Å². The van der Waals surface area contributed by atoms with Gasteiger partial charge in [-0.25, -0.2) is 0 Å². The quantitative estimate of drug-likeness (QED) is 0.0311. The van der Waals surface area contributed by atoms with Gasteiger partial charge in [0.25, 0.3) is 0 Å². The lowest BCUT2D eigenvalue weighted by molar-refractivity contribution is 0.384. The van der Waals surface area contributed by atoms with Gasteiger partial charge in [-0.05, 0) is 319 Å². The standard InChI is InChI=1S/C30H40.C29H38.C28H36.C27H34/c1-3-5-6-7-8-10-26-17-21-29(22-18-26)30-23-19-28(20-24-30)16-15-27-13-11-25(9-4-2)12-14-27;1-3-5-6-7-9-25-16-20-28(21-17-25)29-22-18-27(19-23-29)15-14-26-12-10-24(8-4-2)11-13-26;1-3-5-6-8-24-15-19-27(20-16-24)28-21-17-26(18-22-28)14-13-25-11-9-23(7-4-2)10-12-25;1-3-5-7-23-14-18-26(19-15-23)27-20-16-25(17-21-27)13-12-24-10-8-22(6-4-2)9-11-24/h11-14,17-18,21-22,28,30H,3-10,19-20,23-24H2,1-2H3;10-13,16-17,20-21,27,29H,3-9,18-19,22-23H2,1-2H3;9-12,15-16,19-20,26,28H,3-8,17-18,21-22H2,1-2H3;8-11,14-15,18-19,25,27H,3-7,16-17,20-21H2,1-2H3. The SMILES string of the molecule is CCCCCCCc1ccc(C2CCC(C#Cc3ccc(CCC)cc3)CC2)cc1.CCCCCCc1ccc(C2CCC(C#Cc3ccc(CCC)cc3)CC2)cc1.CCCCCc1ccc(C2CCC(C#Cc3ccc(CCC)cc3)CC2)cc1.CCCCc1ccc(C2CCC(C#Cc3ccc(CCC)cc3)CC2)cc1. The van der Waals surface area contributed by atoms with Crippen molar-refractivity contribution in [3.8, 4) is 47.4 Å². The number of benzene rings is 8. The Labute approximate surface area is 698 Å². The Kier molecular flexibility index (Phi) is 42.0. The van der Waals surface area contributed by atoms with Crippen LogP contribution in [0.3, 0.4) is 0 Å². The average Bonchev–Trinajstić information content (AvgIpc) is 0.863. The van der Waals surface area contributed by atoms with Gasteiger partial charge in [0.05, 0.1) is 0 Å². The maximum Gasteiger partial charge on any atom is 0.0245 e. The van der Waals surface area contributed by atoms with Gasteiger partial charge in [0.1, 0.15) is 0 Å². The molecule has 0 unspecified atom stereocenters. The van der Waals surface area contributed by atoms with E-state index in [9.17, 15) is 0 Å². The molecule has 0 heterocycles. The smallest absolute Gasteiger partial charge is 0.0245 e. The van der Waals surface area contributed by atoms with E-state index in [-0.39, 0.29) is 0 Å². The topological polar surface area (TPSA) is 0 Å². The van der Waals surface area contributed by atoms with Crippen molar-refractivity contribution in [2.75, 3.05) is 0 Å². The lowest BCUT2D eigenvalue weighted by Gasteiger charge is -2.26. The van der Waals surface area contributed by atoms with E-state index in [1.54, 1.807) is 11.1 Å². The summed E-state index contributed by atoms with van der Waals surface area (Å²) in [6, 6.07) is 73.4. The third kappa shape index (κ3) is 33.3. The minimum Gasteiger partial charge on any atom is -0.0945 e. The fourth-order valence-corrected chi connectivity index (χ4v) is 17.7. The molecule has 0 aliphatic heterocycles. The Morgan fingerprint density at radius 2 is 0.351 bits per heavy atom. The molecule has 0 heteroatoms. The number of aryl methyl sites for hydroxylation is 8. The molecule has 8 aromatic carbocycles. The van der Waals surface area contributed by atoms with Crippen LogP contribution in [-0.2, 0) is 51.4 Å². The van der Waals surface area contributed by atoms with E-state index < -0.39 is 0 Å². The first-order chi connectivity index (χ1) is 56.1. The van der Waals surface area contributed by atoms with Crippen molar-refractivity contribution in [1.82, 2.24) is 0 Å². The lowest BCUT2D eigenvalue weighted by Crippen LogP contribution is -2.12. The molecule has 114 heavy (non-hydrogen) atoms. The summed E-state index contributed by atoms with van der Waals surface area (Å²) >= 11 is 0. The predicted octanol–water partition coefficient (Wildman–Crippen LogP) is 31.6. The van der Waals surface area contributed by atoms with Gasteiger partial charge in [-0.2, -0.15) is 0 Å². The van der Waals surface area contributed by atoms with E-state index >= 15 is 0 Å². The molecule has 12 rings (SSSR count). The second-order valence-corrected chi connectivity index (χ2v) is 34.6. The third-order valence-corrected chi connectivity index (χ3v) is 25.1. The van der Waals surface area contributed by atoms with Crippen LogP contribution in [0.1, 0.15) is 386 Å². The van der Waals surface area contributed by atoms with Crippen LogP contribution in [0.4, 0.5) is 0 Å². The molecule has 0 bridgehead atoms. The van der Waals surface area contributed by atoms with E-state index in [1.807, 2.05) is 0 Å². The van der Waals surface area contributed by atoms with Crippen molar-refractivity contribution in [2.45, 2.75) is 349 Å². The summed E-state index contributed by atoms with van der Waals surface area (Å²) < 4.78 is 0. The van der Waals surface area contributed by atoms with E-state index in [1.165, 1.54) is 322 Å². The molecule has 0 nitrogen and oxygen atoms in total. The van der Waals surface area contributed by atoms with Gasteiger partial charge in [0.2, 0.25) is 0 Å². The van der Waals surface area contributed by atoms with E-state index in [2.05, 4.69) is 297 Å². The zero-order chi connectivity index (χ0) is 79.8. The van der Waals surface area contributed by atoms with Crippen LogP contribution in [0.15, 0.2) is 194 Å². The number of unbranched alkanes of at least 4 members (excludes halogenated alkanes) is 10. The Bertz CT molecular complexity index is 4120. The van der Waals surface area contributed by atoms with Crippen LogP contribution in [0.2, 0.25) is 0 Å². The molecule has 0 radical (unpaired) electrons. The number of hydrogen-bond acceptors (Lipinski definition) is 0. The summed E-state index contributed by atoms with van der Waals surface area (Å²) in [5.41, 5.74) is 22.5. The lowest BCUT2D eigenvalue weighted by atomic mass is 9.78. The minimum atomic E-state index is 0.568. The van der Waals surface area contributed by atoms with Crippen molar-refractivity contribution in [3.05, 3.63) is 283 Å². The molecule has 0 atom stereocenters. The molecule has 0 N–H and O–H groups in total. The first-order valence-electron chi connectivity index (χ1n) is 46.9. The monoisotopic (exact) mass is 1520 g/mol. The maximum atomic E-state index is 3.56. The molecular weight excluding hydrogens is 1370 g/mol. The molecule has 4 aliphatic carbocycles. The van der Waals surface area contributed by atoms with Gasteiger partial charge in [-0.15, -0.1) is 0 Å². The molecule has 0 saturated heterocycles. The zero-order valence-corrected chi connectivity index (χ0v) is 72.8. The summed E-state index contributed by atoms with van der Waals surface area (Å²) in [5.74, 6) is 33.1. The molecule has 8 aromatic rings. The van der Waals surface area contributed by atoms with Gasteiger partial charge in [-0.3, -0.25) is 0 Å². The second kappa shape index (κ2) is 53.3. The highest BCUT2D eigenvalue weighted by Crippen LogP contribution is 2.40. The normalized spacial score (nSPS) is 18.9. The zero-order valence-electron chi connectivity index (χ0n) is 72.8. The molecule has 4 fully saturated rings. The maximum absolute atomic E-state index is 3.56. The van der Waals surface area contributed by atoms with Crippen molar-refractivity contribution in [3.63, 3.8) is 0 Å². The van der Waals surface area contributed by atoms with Gasteiger partial charge < -0.3 is 0 Å². The Morgan fingerprint density at radius 1 is 0.175 bits per heavy atom. The van der Waals surface area contributed by atoms with E-state index in [4.69, 9.17) is 0 Å². The number of rotatable bonds is 30. The van der Waals surface area contributed by atoms with Crippen LogP contribution in [0, 0.1) is 71.0 Å². The Hall–Kier alpha value is -8.00. The second-order valence-electron chi connectivity index (χ2n) is 34.6. The van der Waals surface area contributed by atoms with Crippen molar-refractivity contribution in [2.24, 2.45) is 23.7 Å². The first-order valence-corrected chi connectivity index (χ1v) is 46.9. The summed E-state index contributed by atoms with van der Waals surface area (Å²) in [4.78, 5) is 0. The molecule has 0 amide bonds. The predicted molar refractivity (Wildman–Crippen MR) is 496 cm³/mol. The highest BCUT2D eigenvalue weighted by molar-refractivity contribution is 5.41. The van der Waals surface area contributed by atoms with Crippen LogP contribution < -0.4 is 0 Å². The summed E-state index contributed by atoms with van der Waals surface area (Å²) in [5, 5.41) is 0. The van der Waals surface area contributed by atoms with Crippen molar-refractivity contribution < 1.29 is 0 Å². The van der Waals surface area contributed by atoms with Gasteiger partial charge in [0, 0.05) is 45.9 Å². The summed E-state index contributed by atoms with van der Waals surface area (Å²) in [6.45, 7) is 18.0. The molecular formula is C114H148. The minimum absolute atomic E-state index is 0.568. The molecule has 4 saturated carbocycles. The molecule has 4 aliphatic rings. The fourth-order valence-electron chi connectivity index (χ4n) is 17.7. The van der Waals surface area contributed by atoms with Gasteiger partial charge in [-0.1, -0.05) is 338 Å². The fraction of sp³-hybridized carbons (Fsp3) is 0.509. The molecule has 0 aromatic heterocycles. The Morgan fingerprint density at radius 3 is 0.570 bits per heavy atom. The molecule has 604 valence electrons. The van der Waals surface area contributed by atoms with Crippen LogP contribution >= 0.6 is 0 Å².